The molecule has 4 atom stereocenters. The largest absolute Gasteiger partial charge is 0.480 e. The molecule has 13 heteroatoms. The van der Waals surface area contributed by atoms with Crippen molar-refractivity contribution in [3.63, 3.8) is 0 Å². The van der Waals surface area contributed by atoms with Crippen molar-refractivity contribution < 1.29 is 39.0 Å². The zero-order valence-corrected chi connectivity index (χ0v) is 19.7. The molecule has 1 aliphatic carbocycles. The summed E-state index contributed by atoms with van der Waals surface area (Å²) >= 11 is 1.32. The van der Waals surface area contributed by atoms with Crippen molar-refractivity contribution in [1.29, 1.82) is 0 Å². The Morgan fingerprint density at radius 2 is 1.56 bits per heavy atom. The van der Waals surface area contributed by atoms with Crippen molar-refractivity contribution >= 4 is 47.3 Å². The van der Waals surface area contributed by atoms with Gasteiger partial charge >= 0.3 is 11.9 Å². The van der Waals surface area contributed by atoms with Gasteiger partial charge in [0, 0.05) is 44.3 Å². The molecule has 188 valence electrons. The average molecular weight is 499 g/mol. The van der Waals surface area contributed by atoms with Crippen molar-refractivity contribution in [1.82, 2.24) is 20.4 Å². The molecule has 4 unspecified atom stereocenters. The molecule has 3 aliphatic rings. The van der Waals surface area contributed by atoms with Crippen LogP contribution < -0.4 is 10.6 Å². The first-order chi connectivity index (χ1) is 16.1. The zero-order valence-electron chi connectivity index (χ0n) is 18.9. The fraction of sp³-hybridized carbons (Fsp3) is 0.714. The Morgan fingerprint density at radius 1 is 0.912 bits per heavy atom. The number of carbonyl (C=O) groups excluding carboxylic acids is 4. The number of nitrogens with one attached hydrogen (secondary N) is 2. The molecule has 4 amide bonds. The van der Waals surface area contributed by atoms with Gasteiger partial charge in [0.2, 0.25) is 23.6 Å². The Bertz CT molecular complexity index is 864. The SMILES string of the molecule is CSCC(=O)NC1CC(C(=O)O)N(C(=O)CCC(=O)N2CCC(NC(=O)C3CC3)C2C(=O)O)C1. The summed E-state index contributed by atoms with van der Waals surface area (Å²) in [5.41, 5.74) is 0. The molecule has 0 spiro atoms. The van der Waals surface area contributed by atoms with Gasteiger partial charge in [-0.15, -0.1) is 0 Å². The number of carboxylic acids is 2. The van der Waals surface area contributed by atoms with Crippen molar-refractivity contribution in [3.05, 3.63) is 0 Å². The second-order valence-corrected chi connectivity index (χ2v) is 9.75. The highest BCUT2D eigenvalue weighted by Gasteiger charge is 2.45. The highest BCUT2D eigenvalue weighted by atomic mass is 32.2. The van der Waals surface area contributed by atoms with E-state index in [1.807, 2.05) is 0 Å². The van der Waals surface area contributed by atoms with E-state index in [0.29, 0.717) is 6.42 Å². The third-order valence-corrected chi connectivity index (χ3v) is 6.90. The topological polar surface area (TPSA) is 173 Å². The van der Waals surface area contributed by atoms with Crippen LogP contribution in [0.15, 0.2) is 0 Å². The van der Waals surface area contributed by atoms with Crippen molar-refractivity contribution in [3.8, 4) is 0 Å². The number of carboxylic acid groups (broad SMARTS) is 2. The van der Waals surface area contributed by atoms with E-state index in [1.54, 1.807) is 6.26 Å². The highest BCUT2D eigenvalue weighted by molar-refractivity contribution is 7.99. The van der Waals surface area contributed by atoms with Gasteiger partial charge in [-0.3, -0.25) is 19.2 Å². The minimum atomic E-state index is -1.23. The van der Waals surface area contributed by atoms with Crippen LogP contribution in [-0.4, -0.2) is 105 Å². The minimum absolute atomic E-state index is 0.0286. The summed E-state index contributed by atoms with van der Waals surface area (Å²) in [4.78, 5) is 75.1. The number of nitrogens with zero attached hydrogens (tertiary/aromatic N) is 2. The van der Waals surface area contributed by atoms with E-state index in [-0.39, 0.29) is 55.8 Å². The fourth-order valence-corrected chi connectivity index (χ4v) is 4.87. The molecule has 3 rings (SSSR count). The number of likely N-dealkylation sites (tertiary alicyclic amines) is 2. The quantitative estimate of drug-likeness (QED) is 0.291. The Kier molecular flexibility index (Phi) is 8.39. The van der Waals surface area contributed by atoms with E-state index >= 15 is 0 Å². The second kappa shape index (κ2) is 11.1. The van der Waals surface area contributed by atoms with Gasteiger partial charge in [-0.2, -0.15) is 11.8 Å². The molecule has 12 nitrogen and oxygen atoms in total. The van der Waals surface area contributed by atoms with Crippen molar-refractivity contribution in [2.75, 3.05) is 25.1 Å². The summed E-state index contributed by atoms with van der Waals surface area (Å²) < 4.78 is 0. The lowest BCUT2D eigenvalue weighted by atomic mass is 10.1. The van der Waals surface area contributed by atoms with E-state index in [2.05, 4.69) is 10.6 Å². The summed E-state index contributed by atoms with van der Waals surface area (Å²) in [5.74, 6) is -3.83. The number of thioether (sulfide) groups is 1. The number of aliphatic carboxylic acids is 2. The number of hydrogen-bond acceptors (Lipinski definition) is 7. The molecule has 0 aromatic heterocycles. The summed E-state index contributed by atoms with van der Waals surface area (Å²) in [6.45, 7) is 0.172. The number of rotatable bonds is 10. The van der Waals surface area contributed by atoms with Crippen LogP contribution in [0.1, 0.15) is 38.5 Å². The molecule has 4 N–H and O–H groups in total. The second-order valence-electron chi connectivity index (χ2n) is 8.88. The third-order valence-electron chi connectivity index (χ3n) is 6.35. The Morgan fingerprint density at radius 3 is 2.12 bits per heavy atom. The highest BCUT2D eigenvalue weighted by Crippen LogP contribution is 2.30. The van der Waals surface area contributed by atoms with Gasteiger partial charge in [0.15, 0.2) is 0 Å². The van der Waals surface area contributed by atoms with Gasteiger partial charge in [0.1, 0.15) is 12.1 Å². The maximum Gasteiger partial charge on any atom is 0.328 e. The van der Waals surface area contributed by atoms with Crippen molar-refractivity contribution in [2.24, 2.45) is 5.92 Å². The van der Waals surface area contributed by atoms with Gasteiger partial charge in [0.25, 0.3) is 0 Å². The maximum atomic E-state index is 12.8. The summed E-state index contributed by atoms with van der Waals surface area (Å²) in [7, 11) is 0. The predicted molar refractivity (Wildman–Crippen MR) is 120 cm³/mol. The zero-order chi connectivity index (χ0) is 25.0. The van der Waals surface area contributed by atoms with Crippen LogP contribution in [0.3, 0.4) is 0 Å². The summed E-state index contributed by atoms with van der Waals surface area (Å²) in [6, 6.07) is -3.50. The number of hydrogen-bond donors (Lipinski definition) is 4. The molecule has 3 fully saturated rings. The standard InChI is InChI=1S/C21H30N4O8S/c1-34-10-15(26)22-12-8-14(20(30)31)25(9-12)17(28)5-4-16(27)24-7-6-13(18(24)21(32)33)23-19(29)11-2-3-11/h11-14,18H,2-10H2,1H3,(H,22,26)(H,23,29)(H,30,31)(H,32,33). The van der Waals surface area contributed by atoms with Crippen LogP contribution in [0.5, 0.6) is 0 Å². The van der Waals surface area contributed by atoms with Gasteiger partial charge < -0.3 is 30.6 Å². The predicted octanol–water partition coefficient (Wildman–Crippen LogP) is -1.12. The van der Waals surface area contributed by atoms with Crippen LogP contribution in [0.25, 0.3) is 0 Å². The Balaban J connectivity index is 1.55. The van der Waals surface area contributed by atoms with Crippen LogP contribution in [-0.2, 0) is 28.8 Å². The molecular weight excluding hydrogens is 468 g/mol. The first-order valence-corrected chi connectivity index (χ1v) is 12.6. The van der Waals surface area contributed by atoms with Crippen LogP contribution >= 0.6 is 11.8 Å². The molecule has 2 saturated heterocycles. The first-order valence-electron chi connectivity index (χ1n) is 11.3. The Labute approximate surface area is 200 Å². The van der Waals surface area contributed by atoms with E-state index in [4.69, 9.17) is 0 Å². The third kappa shape index (κ3) is 6.19. The van der Waals surface area contributed by atoms with E-state index in [9.17, 15) is 39.0 Å². The lowest BCUT2D eigenvalue weighted by molar-refractivity contribution is -0.150. The molecule has 2 aliphatic heterocycles. The first kappa shape index (κ1) is 25.8. The van der Waals surface area contributed by atoms with Crippen molar-refractivity contribution in [2.45, 2.75) is 62.7 Å². The van der Waals surface area contributed by atoms with Crippen LogP contribution in [0.4, 0.5) is 0 Å². The number of carbonyl (C=O) groups is 6. The average Bonchev–Trinajstić information content (AvgIpc) is 3.41. The van der Waals surface area contributed by atoms with Gasteiger partial charge in [-0.1, -0.05) is 0 Å². The smallest absolute Gasteiger partial charge is 0.328 e. The molecule has 1 saturated carbocycles. The molecule has 0 radical (unpaired) electrons. The Hall–Kier alpha value is -2.83. The fourth-order valence-electron chi connectivity index (χ4n) is 4.53. The molecule has 34 heavy (non-hydrogen) atoms. The molecular formula is C21H30N4O8S. The summed E-state index contributed by atoms with van der Waals surface area (Å²) in [6.07, 6.45) is 3.13. The molecule has 2 heterocycles. The van der Waals surface area contributed by atoms with Gasteiger partial charge in [-0.25, -0.2) is 9.59 Å². The lowest BCUT2D eigenvalue weighted by Gasteiger charge is -2.26. The normalized spacial score (nSPS) is 26.3. The van der Waals surface area contributed by atoms with Gasteiger partial charge in [0.05, 0.1) is 11.8 Å². The van der Waals surface area contributed by atoms with Crippen LogP contribution in [0.2, 0.25) is 0 Å². The summed E-state index contributed by atoms with van der Waals surface area (Å²) in [5, 5.41) is 24.6. The number of amides is 4. The van der Waals surface area contributed by atoms with E-state index in [0.717, 1.165) is 22.6 Å². The molecule has 0 aromatic rings. The maximum absolute atomic E-state index is 12.8. The molecule has 0 bridgehead atoms. The van der Waals surface area contributed by atoms with E-state index in [1.165, 1.54) is 11.8 Å². The van der Waals surface area contributed by atoms with E-state index < -0.39 is 47.9 Å². The van der Waals surface area contributed by atoms with Gasteiger partial charge in [-0.05, 0) is 25.5 Å². The van der Waals surface area contributed by atoms with Crippen LogP contribution in [0, 0.1) is 5.92 Å². The molecule has 0 aromatic carbocycles. The monoisotopic (exact) mass is 498 g/mol. The lowest BCUT2D eigenvalue weighted by Crippen LogP contribution is -2.51. The minimum Gasteiger partial charge on any atom is -0.480 e.